The maximum absolute atomic E-state index is 12.8. The zero-order valence-corrected chi connectivity index (χ0v) is 20.1. The molecule has 33 heavy (non-hydrogen) atoms. The fourth-order valence-corrected chi connectivity index (χ4v) is 5.33. The minimum atomic E-state index is -0.390. The van der Waals surface area contributed by atoms with Crippen LogP contribution in [-0.2, 0) is 24.4 Å². The summed E-state index contributed by atoms with van der Waals surface area (Å²) >= 11 is 0. The van der Waals surface area contributed by atoms with Crippen molar-refractivity contribution in [3.05, 3.63) is 26.7 Å². The van der Waals surface area contributed by atoms with E-state index in [1.807, 2.05) is 16.4 Å². The Morgan fingerprint density at radius 1 is 1.03 bits per heavy atom. The van der Waals surface area contributed by atoms with Gasteiger partial charge in [-0.3, -0.25) is 24.0 Å². The lowest BCUT2D eigenvalue weighted by atomic mass is 9.86. The van der Waals surface area contributed by atoms with Crippen LogP contribution in [0.2, 0.25) is 0 Å². The quantitative estimate of drug-likeness (QED) is 0.655. The molecular weight excluding hydrogens is 420 g/mol. The van der Waals surface area contributed by atoms with Gasteiger partial charge in [0.15, 0.2) is 11.2 Å². The molecule has 2 aromatic rings. The Bertz CT molecular complexity index is 1070. The number of hydrogen-bond acceptors (Lipinski definition) is 5. The van der Waals surface area contributed by atoms with Gasteiger partial charge in [0.25, 0.3) is 5.56 Å². The third kappa shape index (κ3) is 5.23. The van der Waals surface area contributed by atoms with Gasteiger partial charge in [0, 0.05) is 45.7 Å². The second kappa shape index (κ2) is 10.7. The van der Waals surface area contributed by atoms with E-state index in [4.69, 9.17) is 4.98 Å². The predicted octanol–water partition coefficient (Wildman–Crippen LogP) is 2.32. The van der Waals surface area contributed by atoms with Crippen LogP contribution in [0.3, 0.4) is 0 Å². The molecule has 1 saturated carbocycles. The lowest BCUT2D eigenvalue weighted by Crippen LogP contribution is -2.48. The molecule has 0 atom stereocenters. The maximum Gasteiger partial charge on any atom is 0.330 e. The van der Waals surface area contributed by atoms with Crippen LogP contribution in [0.4, 0.5) is 0 Å². The van der Waals surface area contributed by atoms with E-state index in [2.05, 4.69) is 16.8 Å². The molecule has 9 heteroatoms. The van der Waals surface area contributed by atoms with E-state index < -0.39 is 5.69 Å². The van der Waals surface area contributed by atoms with Gasteiger partial charge in [-0.1, -0.05) is 32.6 Å². The topological polar surface area (TPSA) is 96.2 Å². The minimum Gasteiger partial charge on any atom is -0.340 e. The van der Waals surface area contributed by atoms with Gasteiger partial charge >= 0.3 is 5.69 Å². The molecule has 2 aliphatic rings. The number of aromatic nitrogens is 4. The van der Waals surface area contributed by atoms with E-state index in [-0.39, 0.29) is 5.56 Å². The molecule has 1 N–H and O–H groups in total. The molecule has 0 radical (unpaired) electrons. The van der Waals surface area contributed by atoms with Crippen LogP contribution >= 0.6 is 0 Å². The molecular formula is C24H38N6O3. The van der Waals surface area contributed by atoms with Crippen molar-refractivity contribution >= 4 is 17.1 Å². The van der Waals surface area contributed by atoms with Gasteiger partial charge in [-0.2, -0.15) is 0 Å². The molecule has 2 fully saturated rings. The smallest absolute Gasteiger partial charge is 0.330 e. The zero-order chi connectivity index (χ0) is 23.4. The molecule has 1 aliphatic heterocycles. The second-order valence-electron chi connectivity index (χ2n) is 9.57. The first-order chi connectivity index (χ1) is 16.0. The fraction of sp³-hybridized carbons (Fsp3) is 0.750. The lowest BCUT2D eigenvalue weighted by molar-refractivity contribution is -0.134. The summed E-state index contributed by atoms with van der Waals surface area (Å²) in [5.74, 6) is 1.67. The molecule has 4 rings (SSSR count). The number of unbranched alkanes of at least 4 members (excludes halogenated alkanes) is 1. The molecule has 1 aliphatic carbocycles. The van der Waals surface area contributed by atoms with Crippen LogP contribution in [-0.4, -0.2) is 61.0 Å². The molecule has 9 nitrogen and oxygen atoms in total. The molecule has 0 spiro atoms. The Hall–Kier alpha value is -2.42. The zero-order valence-electron chi connectivity index (χ0n) is 20.1. The van der Waals surface area contributed by atoms with Gasteiger partial charge in [0.2, 0.25) is 5.91 Å². The van der Waals surface area contributed by atoms with Crippen molar-refractivity contribution in [2.45, 2.75) is 84.8 Å². The summed E-state index contributed by atoms with van der Waals surface area (Å²) in [5.41, 5.74) is 0.194. The Balaban J connectivity index is 1.45. The van der Waals surface area contributed by atoms with Crippen molar-refractivity contribution in [2.24, 2.45) is 5.92 Å². The van der Waals surface area contributed by atoms with E-state index in [1.165, 1.54) is 32.1 Å². The van der Waals surface area contributed by atoms with Crippen LogP contribution < -0.4 is 11.2 Å². The van der Waals surface area contributed by atoms with Gasteiger partial charge in [0.1, 0.15) is 5.82 Å². The molecule has 1 saturated heterocycles. The summed E-state index contributed by atoms with van der Waals surface area (Å²) in [5, 5.41) is 0. The summed E-state index contributed by atoms with van der Waals surface area (Å²) in [6.45, 7) is 8.89. The summed E-state index contributed by atoms with van der Waals surface area (Å²) < 4.78 is 3.52. The van der Waals surface area contributed by atoms with Crippen LogP contribution in [0.5, 0.6) is 0 Å². The van der Waals surface area contributed by atoms with Gasteiger partial charge in [-0.15, -0.1) is 0 Å². The Kier molecular flexibility index (Phi) is 7.67. The highest BCUT2D eigenvalue weighted by molar-refractivity contribution is 5.76. The van der Waals surface area contributed by atoms with E-state index in [0.29, 0.717) is 49.0 Å². The van der Waals surface area contributed by atoms with Crippen LogP contribution in [0.25, 0.3) is 11.2 Å². The molecule has 1 amide bonds. The fourth-order valence-electron chi connectivity index (χ4n) is 5.33. The highest BCUT2D eigenvalue weighted by Crippen LogP contribution is 2.27. The second-order valence-corrected chi connectivity index (χ2v) is 9.57. The Morgan fingerprint density at radius 3 is 2.42 bits per heavy atom. The highest BCUT2D eigenvalue weighted by atomic mass is 16.2. The number of rotatable bonds is 8. The number of imidazole rings is 1. The number of amides is 1. The normalized spacial score (nSPS) is 18.3. The third-order valence-electron chi connectivity index (χ3n) is 7.29. The Morgan fingerprint density at radius 2 is 1.76 bits per heavy atom. The first kappa shape index (κ1) is 23.7. The van der Waals surface area contributed by atoms with Gasteiger partial charge < -0.3 is 9.47 Å². The van der Waals surface area contributed by atoms with Gasteiger partial charge in [-0.05, 0) is 32.1 Å². The number of nitrogens with one attached hydrogen (secondary N) is 1. The average molecular weight is 459 g/mol. The van der Waals surface area contributed by atoms with Crippen molar-refractivity contribution in [3.8, 4) is 0 Å². The van der Waals surface area contributed by atoms with E-state index in [9.17, 15) is 14.4 Å². The summed E-state index contributed by atoms with van der Waals surface area (Å²) in [6.07, 6.45) is 8.74. The number of nitrogens with zero attached hydrogens (tertiary/aromatic N) is 5. The van der Waals surface area contributed by atoms with Crippen molar-refractivity contribution in [2.75, 3.05) is 26.2 Å². The Labute approximate surface area is 194 Å². The number of carbonyl (C=O) groups excluding carboxylic acids is 1. The molecule has 3 heterocycles. The monoisotopic (exact) mass is 458 g/mol. The highest BCUT2D eigenvalue weighted by Gasteiger charge is 2.26. The minimum absolute atomic E-state index is 0.300. The molecule has 0 bridgehead atoms. The number of hydrogen-bond donors (Lipinski definition) is 1. The van der Waals surface area contributed by atoms with Crippen LogP contribution in [0.1, 0.15) is 71.0 Å². The first-order valence-corrected chi connectivity index (χ1v) is 12.7. The van der Waals surface area contributed by atoms with Crippen molar-refractivity contribution in [3.63, 3.8) is 0 Å². The summed E-state index contributed by atoms with van der Waals surface area (Å²) in [7, 11) is 0. The maximum atomic E-state index is 12.8. The predicted molar refractivity (Wildman–Crippen MR) is 128 cm³/mol. The molecule has 0 unspecified atom stereocenters. The van der Waals surface area contributed by atoms with Gasteiger partial charge in [-0.25, -0.2) is 9.78 Å². The number of aryl methyl sites for hydroxylation is 2. The average Bonchev–Trinajstić information content (AvgIpc) is 3.18. The van der Waals surface area contributed by atoms with Gasteiger partial charge in [0.05, 0.1) is 6.54 Å². The van der Waals surface area contributed by atoms with Crippen molar-refractivity contribution in [1.82, 2.24) is 28.9 Å². The number of piperazine rings is 1. The molecule has 0 aromatic carbocycles. The molecule has 182 valence electrons. The lowest BCUT2D eigenvalue weighted by Gasteiger charge is -2.35. The van der Waals surface area contributed by atoms with E-state index >= 15 is 0 Å². The standard InChI is InChI=1S/C24H38N6O3/c1-3-5-11-30-22-21(23(32)26-24(30)33)29(4-2)19(25-22)17-27-12-14-28(15-13-27)20(31)16-18-9-7-6-8-10-18/h18H,3-17H2,1-2H3,(H,26,32,33). The van der Waals surface area contributed by atoms with E-state index in [1.54, 1.807) is 4.57 Å². The van der Waals surface area contributed by atoms with Crippen LogP contribution in [0.15, 0.2) is 9.59 Å². The van der Waals surface area contributed by atoms with Crippen LogP contribution in [0, 0.1) is 5.92 Å². The largest absolute Gasteiger partial charge is 0.340 e. The number of carbonyl (C=O) groups is 1. The SMILES string of the molecule is CCCCn1c(=O)[nH]c(=O)c2c1nc(CN1CCN(C(=O)CC3CCCCC3)CC1)n2CC. The number of fused-ring (bicyclic) bond motifs is 1. The first-order valence-electron chi connectivity index (χ1n) is 12.7. The summed E-state index contributed by atoms with van der Waals surface area (Å²) in [4.78, 5) is 49.3. The molecule has 2 aromatic heterocycles. The third-order valence-corrected chi connectivity index (χ3v) is 7.29. The van der Waals surface area contributed by atoms with Crippen molar-refractivity contribution < 1.29 is 4.79 Å². The number of H-pyrrole nitrogens is 1. The number of aromatic amines is 1. The van der Waals surface area contributed by atoms with Crippen molar-refractivity contribution in [1.29, 1.82) is 0 Å². The summed E-state index contributed by atoms with van der Waals surface area (Å²) in [6, 6.07) is 0. The van der Waals surface area contributed by atoms with E-state index in [0.717, 1.165) is 44.8 Å².